The van der Waals surface area contributed by atoms with Crippen molar-refractivity contribution in [1.29, 1.82) is 0 Å². The van der Waals surface area contributed by atoms with E-state index >= 15 is 0 Å². The van der Waals surface area contributed by atoms with E-state index in [4.69, 9.17) is 0 Å². The first kappa shape index (κ1) is 16.2. The molecule has 9 heteroatoms. The van der Waals surface area contributed by atoms with Gasteiger partial charge in [0.1, 0.15) is 10.0 Å². The van der Waals surface area contributed by atoms with Crippen molar-refractivity contribution in [3.8, 4) is 0 Å². The van der Waals surface area contributed by atoms with E-state index in [-0.39, 0.29) is 15.6 Å². The molecular formula is C12H15BrN4O2S2. The largest absolute Gasteiger partial charge is 0.364 e. The van der Waals surface area contributed by atoms with Gasteiger partial charge >= 0.3 is 0 Å². The van der Waals surface area contributed by atoms with Crippen LogP contribution in [0.2, 0.25) is 0 Å². The molecule has 0 aromatic carbocycles. The average Bonchev–Trinajstić information content (AvgIpc) is 2.77. The Kier molecular flexibility index (Phi) is 4.54. The SMILES string of the molecule is CC(C)(C)Nc1ccc(NS(=O)(=O)c2ccc(Br)s2)nn1. The highest BCUT2D eigenvalue weighted by molar-refractivity contribution is 9.11. The zero-order valence-corrected chi connectivity index (χ0v) is 14.9. The molecule has 114 valence electrons. The van der Waals surface area contributed by atoms with Gasteiger partial charge in [0.25, 0.3) is 10.0 Å². The number of sulfonamides is 1. The zero-order chi connectivity index (χ0) is 15.7. The molecule has 2 aromatic rings. The summed E-state index contributed by atoms with van der Waals surface area (Å²) in [6, 6.07) is 6.46. The molecule has 0 amide bonds. The van der Waals surface area contributed by atoms with E-state index in [1.54, 1.807) is 18.2 Å². The predicted molar refractivity (Wildman–Crippen MR) is 88.2 cm³/mol. The van der Waals surface area contributed by atoms with Crippen molar-refractivity contribution in [3.63, 3.8) is 0 Å². The highest BCUT2D eigenvalue weighted by atomic mass is 79.9. The fourth-order valence-corrected chi connectivity index (χ4v) is 4.47. The molecule has 6 nitrogen and oxygen atoms in total. The van der Waals surface area contributed by atoms with Crippen LogP contribution in [0.5, 0.6) is 0 Å². The van der Waals surface area contributed by atoms with Gasteiger partial charge in [-0.2, -0.15) is 0 Å². The van der Waals surface area contributed by atoms with Crippen LogP contribution < -0.4 is 10.0 Å². The van der Waals surface area contributed by atoms with Crippen molar-refractivity contribution in [2.75, 3.05) is 10.0 Å². The lowest BCUT2D eigenvalue weighted by Gasteiger charge is -2.20. The molecule has 0 aliphatic carbocycles. The second-order valence-electron chi connectivity index (χ2n) is 5.34. The molecule has 2 rings (SSSR count). The Morgan fingerprint density at radius 3 is 2.19 bits per heavy atom. The van der Waals surface area contributed by atoms with E-state index < -0.39 is 10.0 Å². The standard InChI is InChI=1S/C12H15BrN4O2S2/c1-12(2,3)14-9-5-6-10(16-15-9)17-21(18,19)11-7-4-8(13)20-11/h4-7H,1-3H3,(H,14,15)(H,16,17). The van der Waals surface area contributed by atoms with E-state index in [0.717, 1.165) is 15.1 Å². The van der Waals surface area contributed by atoms with Crippen LogP contribution in [-0.4, -0.2) is 24.2 Å². The summed E-state index contributed by atoms with van der Waals surface area (Å²) < 4.78 is 27.6. The topological polar surface area (TPSA) is 84.0 Å². The van der Waals surface area contributed by atoms with Crippen LogP contribution in [0.4, 0.5) is 11.6 Å². The molecule has 0 saturated carbocycles. The highest BCUT2D eigenvalue weighted by Crippen LogP contribution is 2.27. The van der Waals surface area contributed by atoms with E-state index in [1.807, 2.05) is 20.8 Å². The number of halogens is 1. The molecule has 0 bridgehead atoms. The normalized spacial score (nSPS) is 12.2. The Bertz CT molecular complexity index is 720. The lowest BCUT2D eigenvalue weighted by atomic mass is 10.1. The number of nitrogens with zero attached hydrogens (tertiary/aromatic N) is 2. The highest BCUT2D eigenvalue weighted by Gasteiger charge is 2.17. The molecule has 0 radical (unpaired) electrons. The maximum Gasteiger partial charge on any atom is 0.272 e. The summed E-state index contributed by atoms with van der Waals surface area (Å²) in [5.41, 5.74) is -0.140. The molecule has 0 unspecified atom stereocenters. The van der Waals surface area contributed by atoms with Crippen LogP contribution in [0.1, 0.15) is 20.8 Å². The number of thiophene rings is 1. The molecule has 0 spiro atoms. The maximum absolute atomic E-state index is 12.1. The minimum absolute atomic E-state index is 0.140. The predicted octanol–water partition coefficient (Wildman–Crippen LogP) is 3.31. The Morgan fingerprint density at radius 1 is 1.10 bits per heavy atom. The quantitative estimate of drug-likeness (QED) is 0.836. The van der Waals surface area contributed by atoms with Crippen molar-refractivity contribution in [2.24, 2.45) is 0 Å². The third-order valence-electron chi connectivity index (χ3n) is 2.22. The van der Waals surface area contributed by atoms with Crippen LogP contribution in [0.15, 0.2) is 32.3 Å². The summed E-state index contributed by atoms with van der Waals surface area (Å²) in [5, 5.41) is 11.0. The van der Waals surface area contributed by atoms with Crippen LogP contribution in [0, 0.1) is 0 Å². The average molecular weight is 391 g/mol. The third kappa shape index (κ3) is 4.65. The molecule has 0 saturated heterocycles. The van der Waals surface area contributed by atoms with Crippen molar-refractivity contribution in [1.82, 2.24) is 10.2 Å². The first-order valence-corrected chi connectivity index (χ1v) is 9.15. The molecule has 0 atom stereocenters. The summed E-state index contributed by atoms with van der Waals surface area (Å²) in [5.74, 6) is 0.767. The monoisotopic (exact) mass is 390 g/mol. The summed E-state index contributed by atoms with van der Waals surface area (Å²) >= 11 is 4.37. The van der Waals surface area contributed by atoms with Gasteiger partial charge in [-0.15, -0.1) is 21.5 Å². The fourth-order valence-electron chi connectivity index (χ4n) is 1.47. The van der Waals surface area contributed by atoms with Gasteiger partial charge in [0.15, 0.2) is 5.82 Å². The van der Waals surface area contributed by atoms with Gasteiger partial charge in [0, 0.05) is 5.54 Å². The van der Waals surface area contributed by atoms with Crippen LogP contribution in [-0.2, 0) is 10.0 Å². The van der Waals surface area contributed by atoms with Gasteiger partial charge in [-0.05, 0) is 61.0 Å². The van der Waals surface area contributed by atoms with Gasteiger partial charge in [-0.25, -0.2) is 8.42 Å². The van der Waals surface area contributed by atoms with Crippen molar-refractivity contribution >= 4 is 48.9 Å². The Labute approximate surface area is 136 Å². The number of rotatable bonds is 4. The number of aromatic nitrogens is 2. The number of hydrogen-bond donors (Lipinski definition) is 2. The van der Waals surface area contributed by atoms with Crippen LogP contribution in [0.25, 0.3) is 0 Å². The Hall–Kier alpha value is -1.19. The molecule has 2 heterocycles. The van der Waals surface area contributed by atoms with Gasteiger partial charge in [-0.3, -0.25) is 4.72 Å². The lowest BCUT2D eigenvalue weighted by molar-refractivity contribution is 0.602. The molecule has 21 heavy (non-hydrogen) atoms. The van der Waals surface area contributed by atoms with E-state index in [1.165, 1.54) is 6.07 Å². The summed E-state index contributed by atoms with van der Waals surface area (Å²) in [4.78, 5) is 0. The number of anilines is 2. The molecule has 0 aliphatic rings. The van der Waals surface area contributed by atoms with E-state index in [0.29, 0.717) is 5.82 Å². The fraction of sp³-hybridized carbons (Fsp3) is 0.333. The summed E-state index contributed by atoms with van der Waals surface area (Å²) in [6.45, 7) is 6.00. The maximum atomic E-state index is 12.1. The van der Waals surface area contributed by atoms with E-state index in [2.05, 4.69) is 36.2 Å². The zero-order valence-electron chi connectivity index (χ0n) is 11.7. The van der Waals surface area contributed by atoms with Crippen molar-refractivity contribution in [2.45, 2.75) is 30.5 Å². The third-order valence-corrected chi connectivity index (χ3v) is 5.69. The van der Waals surface area contributed by atoms with Gasteiger partial charge in [0.05, 0.1) is 3.79 Å². The smallest absolute Gasteiger partial charge is 0.272 e. The van der Waals surface area contributed by atoms with Crippen molar-refractivity contribution < 1.29 is 8.42 Å². The van der Waals surface area contributed by atoms with Crippen LogP contribution >= 0.6 is 27.3 Å². The van der Waals surface area contributed by atoms with Gasteiger partial charge in [0.2, 0.25) is 0 Å². The van der Waals surface area contributed by atoms with E-state index in [9.17, 15) is 8.42 Å². The first-order chi connectivity index (χ1) is 9.66. The lowest BCUT2D eigenvalue weighted by Crippen LogP contribution is -2.26. The second kappa shape index (κ2) is 5.90. The van der Waals surface area contributed by atoms with Crippen LogP contribution in [0.3, 0.4) is 0 Å². The first-order valence-electron chi connectivity index (χ1n) is 6.06. The molecule has 0 aliphatic heterocycles. The van der Waals surface area contributed by atoms with Crippen molar-refractivity contribution in [3.05, 3.63) is 28.1 Å². The second-order valence-corrected chi connectivity index (χ2v) is 9.72. The number of hydrogen-bond acceptors (Lipinski definition) is 6. The molecular weight excluding hydrogens is 376 g/mol. The summed E-state index contributed by atoms with van der Waals surface area (Å²) in [7, 11) is -3.62. The minimum atomic E-state index is -3.62. The van der Waals surface area contributed by atoms with Gasteiger partial charge in [-0.1, -0.05) is 0 Å². The molecule has 2 N–H and O–H groups in total. The summed E-state index contributed by atoms with van der Waals surface area (Å²) in [6.07, 6.45) is 0. The number of nitrogens with one attached hydrogen (secondary N) is 2. The minimum Gasteiger partial charge on any atom is -0.364 e. The van der Waals surface area contributed by atoms with Gasteiger partial charge < -0.3 is 5.32 Å². The Morgan fingerprint density at radius 2 is 1.71 bits per heavy atom. The molecule has 2 aromatic heterocycles. The Balaban J connectivity index is 2.13. The molecule has 0 fully saturated rings.